The Morgan fingerprint density at radius 1 is 1.14 bits per heavy atom. The maximum atomic E-state index is 15.3. The maximum absolute atomic E-state index is 15.3. The van der Waals surface area contributed by atoms with E-state index in [9.17, 15) is 17.6 Å². The molecular formula is C25H26ClF2NO5S. The molecule has 2 heterocycles. The zero-order valence-electron chi connectivity index (χ0n) is 19.2. The van der Waals surface area contributed by atoms with Crippen molar-refractivity contribution < 1.29 is 31.5 Å². The lowest BCUT2D eigenvalue weighted by Gasteiger charge is -2.48. The molecule has 2 aromatic carbocycles. The molecule has 0 radical (unpaired) electrons. The Hall–Kier alpha value is -2.39. The molecule has 0 unspecified atom stereocenters. The van der Waals surface area contributed by atoms with Gasteiger partial charge in [-0.1, -0.05) is 18.5 Å². The van der Waals surface area contributed by atoms with Crippen LogP contribution < -0.4 is 4.74 Å². The summed E-state index contributed by atoms with van der Waals surface area (Å²) in [6.07, 6.45) is 0.208. The summed E-state index contributed by atoms with van der Waals surface area (Å²) >= 11 is 5.96. The minimum absolute atomic E-state index is 0.0371. The van der Waals surface area contributed by atoms with Crippen LogP contribution in [0, 0.1) is 23.5 Å². The number of carbonyl (C=O) groups is 1. The molecule has 1 amide bonds. The lowest BCUT2D eigenvalue weighted by Crippen LogP contribution is -2.53. The molecule has 1 aliphatic carbocycles. The van der Waals surface area contributed by atoms with E-state index in [4.69, 9.17) is 21.1 Å². The Morgan fingerprint density at radius 3 is 2.54 bits per heavy atom. The summed E-state index contributed by atoms with van der Waals surface area (Å²) in [6, 6.07) is 7.51. The fraction of sp³-hybridized carbons (Fsp3) is 0.480. The molecule has 10 heteroatoms. The first kappa shape index (κ1) is 24.3. The molecule has 4 atom stereocenters. The van der Waals surface area contributed by atoms with Gasteiger partial charge in [0.15, 0.2) is 21.4 Å². The Kier molecular flexibility index (Phi) is 6.20. The van der Waals surface area contributed by atoms with Gasteiger partial charge in [-0.15, -0.1) is 0 Å². The van der Waals surface area contributed by atoms with Crippen LogP contribution in [-0.4, -0.2) is 45.2 Å². The third-order valence-electron chi connectivity index (χ3n) is 7.51. The van der Waals surface area contributed by atoms with Crippen LogP contribution in [0.25, 0.3) is 0 Å². The van der Waals surface area contributed by atoms with E-state index in [-0.39, 0.29) is 42.1 Å². The number of nitrogens with zero attached hydrogens (tertiary/aromatic N) is 1. The first-order valence-electron chi connectivity index (χ1n) is 11.7. The molecule has 188 valence electrons. The quantitative estimate of drug-likeness (QED) is 0.542. The second kappa shape index (κ2) is 8.92. The molecule has 35 heavy (non-hydrogen) atoms. The molecule has 2 aliphatic heterocycles. The molecule has 0 spiro atoms. The van der Waals surface area contributed by atoms with Gasteiger partial charge in [0, 0.05) is 24.0 Å². The Morgan fingerprint density at radius 2 is 1.86 bits per heavy atom. The van der Waals surface area contributed by atoms with Crippen LogP contribution in [0.2, 0.25) is 5.02 Å². The Bertz CT molecular complexity index is 1260. The van der Waals surface area contributed by atoms with Gasteiger partial charge in [-0.25, -0.2) is 22.0 Å². The van der Waals surface area contributed by atoms with Crippen LogP contribution in [0.1, 0.15) is 38.2 Å². The molecule has 3 aliphatic rings. The average molecular weight is 526 g/mol. The summed E-state index contributed by atoms with van der Waals surface area (Å²) in [7, 11) is -4.22. The molecule has 6 nitrogen and oxygen atoms in total. The number of amides is 1. The predicted octanol–water partition coefficient (Wildman–Crippen LogP) is 5.33. The van der Waals surface area contributed by atoms with E-state index in [0.29, 0.717) is 24.0 Å². The molecular weight excluding hydrogens is 500 g/mol. The van der Waals surface area contributed by atoms with Crippen molar-refractivity contribution >= 4 is 27.5 Å². The highest BCUT2D eigenvalue weighted by Gasteiger charge is 2.60. The topological polar surface area (TPSA) is 72.9 Å². The summed E-state index contributed by atoms with van der Waals surface area (Å²) in [5.41, 5.74) is -0.290. The van der Waals surface area contributed by atoms with E-state index < -0.39 is 44.3 Å². The van der Waals surface area contributed by atoms with Gasteiger partial charge in [-0.2, -0.15) is 0 Å². The van der Waals surface area contributed by atoms with Crippen LogP contribution in [0.15, 0.2) is 41.3 Å². The van der Waals surface area contributed by atoms with Crippen molar-refractivity contribution in [2.75, 3.05) is 19.7 Å². The van der Waals surface area contributed by atoms with Crippen LogP contribution in [-0.2, 0) is 19.3 Å². The molecule has 0 N–H and O–H groups in total. The van der Waals surface area contributed by atoms with E-state index in [0.717, 1.165) is 18.6 Å². The second-order valence-corrected chi connectivity index (χ2v) is 12.4. The zero-order valence-corrected chi connectivity index (χ0v) is 20.7. The van der Waals surface area contributed by atoms with Crippen molar-refractivity contribution in [1.82, 2.24) is 4.90 Å². The number of benzene rings is 2. The number of ether oxygens (including phenoxy) is 2. The number of fused-ring (bicyclic) bond motifs is 3. The van der Waals surface area contributed by atoms with Crippen molar-refractivity contribution in [3.8, 4) is 5.75 Å². The van der Waals surface area contributed by atoms with Gasteiger partial charge >= 0.3 is 6.09 Å². The third kappa shape index (κ3) is 3.96. The standard InChI is InChI=1S/C25H26ClF2NO5S/c1-15-9-11-29(13-15)24(30)34-18-8-10-25(35(31,32)19-4-2-17(26)3-5-19)16(12-18)14-33-23-21(28)7-6-20(27)22(23)25/h2-7,15-16,18H,8-14H2,1H3/t15-,16-,18-,25+/m1/s1. The molecule has 2 fully saturated rings. The highest BCUT2D eigenvalue weighted by molar-refractivity contribution is 7.92. The summed E-state index contributed by atoms with van der Waals surface area (Å²) < 4.78 is 67.9. The third-order valence-corrected chi connectivity index (χ3v) is 10.4. The van der Waals surface area contributed by atoms with E-state index in [1.807, 2.05) is 0 Å². The number of sulfone groups is 1. The zero-order chi connectivity index (χ0) is 25.0. The maximum Gasteiger partial charge on any atom is 0.410 e. The van der Waals surface area contributed by atoms with Gasteiger partial charge in [0.2, 0.25) is 0 Å². The Labute approximate surface area is 208 Å². The van der Waals surface area contributed by atoms with E-state index in [1.165, 1.54) is 24.3 Å². The van der Waals surface area contributed by atoms with Crippen molar-refractivity contribution in [3.05, 3.63) is 58.6 Å². The highest BCUT2D eigenvalue weighted by Crippen LogP contribution is 2.56. The van der Waals surface area contributed by atoms with Crippen molar-refractivity contribution in [2.24, 2.45) is 11.8 Å². The highest BCUT2D eigenvalue weighted by atomic mass is 35.5. The first-order valence-corrected chi connectivity index (χ1v) is 13.6. The first-order chi connectivity index (χ1) is 16.6. The smallest absolute Gasteiger partial charge is 0.410 e. The van der Waals surface area contributed by atoms with Crippen LogP contribution in [0.3, 0.4) is 0 Å². The molecule has 5 rings (SSSR count). The van der Waals surface area contributed by atoms with Crippen LogP contribution in [0.4, 0.5) is 13.6 Å². The van der Waals surface area contributed by atoms with Crippen LogP contribution in [0.5, 0.6) is 5.75 Å². The largest absolute Gasteiger partial charge is 0.490 e. The van der Waals surface area contributed by atoms with Crippen molar-refractivity contribution in [2.45, 2.75) is 48.4 Å². The minimum atomic E-state index is -4.22. The number of carbonyl (C=O) groups excluding carboxylic acids is 1. The average Bonchev–Trinajstić information content (AvgIpc) is 3.27. The number of rotatable bonds is 3. The number of halogens is 3. The van der Waals surface area contributed by atoms with Gasteiger partial charge in [0.1, 0.15) is 16.7 Å². The second-order valence-electron chi connectivity index (χ2n) is 9.71. The normalized spacial score (nSPS) is 28.1. The molecule has 1 saturated heterocycles. The lowest BCUT2D eigenvalue weighted by atomic mass is 9.72. The van der Waals surface area contributed by atoms with E-state index in [2.05, 4.69) is 6.92 Å². The molecule has 1 saturated carbocycles. The van der Waals surface area contributed by atoms with Gasteiger partial charge in [-0.05, 0) is 68.0 Å². The van der Waals surface area contributed by atoms with Gasteiger partial charge in [0.05, 0.1) is 17.1 Å². The fourth-order valence-corrected chi connectivity index (χ4v) is 8.22. The summed E-state index contributed by atoms with van der Waals surface area (Å²) in [6.45, 7) is 3.15. The fourth-order valence-electron chi connectivity index (χ4n) is 5.73. The summed E-state index contributed by atoms with van der Waals surface area (Å²) in [5, 5.41) is 0.356. The van der Waals surface area contributed by atoms with Crippen molar-refractivity contribution in [3.63, 3.8) is 0 Å². The van der Waals surface area contributed by atoms with E-state index in [1.54, 1.807) is 4.90 Å². The summed E-state index contributed by atoms with van der Waals surface area (Å²) in [5.74, 6) is -2.39. The molecule has 2 aromatic rings. The van der Waals surface area contributed by atoms with Gasteiger partial charge in [0.25, 0.3) is 0 Å². The number of likely N-dealkylation sites (tertiary alicyclic amines) is 1. The molecule has 0 bridgehead atoms. The monoisotopic (exact) mass is 525 g/mol. The SMILES string of the molecule is C[C@@H]1CCN(C(=O)O[C@@H]2CC[C@@]3(S(=O)(=O)c4ccc(Cl)cc4)c4c(F)ccc(F)c4OC[C@H]3C2)C1. The Balaban J connectivity index is 1.54. The minimum Gasteiger partial charge on any atom is -0.490 e. The van der Waals surface area contributed by atoms with Gasteiger partial charge in [-0.3, -0.25) is 0 Å². The molecule has 0 aromatic heterocycles. The van der Waals surface area contributed by atoms with Gasteiger partial charge < -0.3 is 14.4 Å². The number of hydrogen-bond acceptors (Lipinski definition) is 5. The van der Waals surface area contributed by atoms with E-state index >= 15 is 4.39 Å². The van der Waals surface area contributed by atoms with Crippen LogP contribution >= 0.6 is 11.6 Å². The lowest BCUT2D eigenvalue weighted by molar-refractivity contribution is 0.00887. The van der Waals surface area contributed by atoms with Crippen molar-refractivity contribution in [1.29, 1.82) is 0 Å². The predicted molar refractivity (Wildman–Crippen MR) is 125 cm³/mol. The number of hydrogen-bond donors (Lipinski definition) is 0. The summed E-state index contributed by atoms with van der Waals surface area (Å²) in [4.78, 5) is 14.3.